The maximum atomic E-state index is 13.6. The molecule has 49 heavy (non-hydrogen) atoms. The summed E-state index contributed by atoms with van der Waals surface area (Å²) in [4.78, 5) is 63.3. The third-order valence-electron chi connectivity index (χ3n) is 8.01. The van der Waals surface area contributed by atoms with E-state index in [2.05, 4.69) is 34.8 Å². The van der Waals surface area contributed by atoms with Crippen molar-refractivity contribution in [3.8, 4) is 0 Å². The van der Waals surface area contributed by atoms with Gasteiger partial charge in [0.1, 0.15) is 6.61 Å². The highest BCUT2D eigenvalue weighted by Crippen LogP contribution is 2.23. The monoisotopic (exact) mass is 706 g/mol. The minimum absolute atomic E-state index is 0.0413. The number of rotatable bonds is 17. The van der Waals surface area contributed by atoms with Gasteiger partial charge in [0.25, 0.3) is 5.91 Å². The number of hydrogen-bond acceptors (Lipinski definition) is 9. The average Bonchev–Trinajstić information content (AvgIpc) is 3.78. The van der Waals surface area contributed by atoms with Gasteiger partial charge in [0, 0.05) is 43.5 Å². The van der Waals surface area contributed by atoms with Gasteiger partial charge in [0.15, 0.2) is 11.8 Å². The largest absolute Gasteiger partial charge is 0.444 e. The van der Waals surface area contributed by atoms with Gasteiger partial charge < -0.3 is 25.6 Å². The molecule has 0 saturated carbocycles. The van der Waals surface area contributed by atoms with Gasteiger partial charge >= 0.3 is 12.1 Å². The number of aromatic nitrogens is 1. The Labute approximate surface area is 296 Å². The number of thioether (sulfide) groups is 1. The lowest BCUT2D eigenvalue weighted by Crippen LogP contribution is -2.56. The van der Waals surface area contributed by atoms with E-state index in [9.17, 15) is 19.2 Å². The van der Waals surface area contributed by atoms with Gasteiger partial charge in [0.2, 0.25) is 0 Å². The first-order valence-electron chi connectivity index (χ1n) is 16.5. The zero-order chi connectivity index (χ0) is 35.2. The van der Waals surface area contributed by atoms with Crippen LogP contribution in [0.1, 0.15) is 49.6 Å². The number of ketones is 1. The molecule has 4 atom stereocenters. The van der Waals surface area contributed by atoms with Crippen LogP contribution in [0.3, 0.4) is 0 Å². The Bertz CT molecular complexity index is 1540. The Morgan fingerprint density at radius 2 is 1.53 bits per heavy atom. The van der Waals surface area contributed by atoms with Crippen molar-refractivity contribution in [2.75, 3.05) is 19.3 Å². The number of likely N-dealkylation sites (N-methyl/N-ethyl adjacent to an activating group) is 1. The fraction of sp³-hybridized carbons (Fsp3) is 0.444. The molecule has 3 aromatic rings. The molecule has 4 rings (SSSR count). The molecule has 4 amide bonds. The minimum Gasteiger partial charge on any atom is -0.444 e. The molecule has 0 radical (unpaired) electrons. The molecule has 0 saturated heterocycles. The molecule has 13 heteroatoms. The second-order valence-corrected chi connectivity index (χ2v) is 14.5. The fourth-order valence-electron chi connectivity index (χ4n) is 5.42. The van der Waals surface area contributed by atoms with E-state index in [4.69, 9.17) is 9.73 Å². The van der Waals surface area contributed by atoms with Gasteiger partial charge in [-0.1, -0.05) is 74.5 Å². The number of urea groups is 1. The minimum atomic E-state index is -1.36. The lowest BCUT2D eigenvalue weighted by molar-refractivity contribution is -0.130. The number of benzene rings is 2. The summed E-state index contributed by atoms with van der Waals surface area (Å²) in [5.41, 5.74) is 3.73. The summed E-state index contributed by atoms with van der Waals surface area (Å²) in [6.07, 6.45) is 3.18. The number of hydrogen-bond donors (Lipinski definition) is 3. The van der Waals surface area contributed by atoms with E-state index >= 15 is 0 Å². The van der Waals surface area contributed by atoms with Gasteiger partial charge in [-0.05, 0) is 43.7 Å². The van der Waals surface area contributed by atoms with Crippen molar-refractivity contribution >= 4 is 52.0 Å². The molecule has 262 valence electrons. The van der Waals surface area contributed by atoms with Crippen molar-refractivity contribution < 1.29 is 23.9 Å². The molecular formula is C36H46N6O5S2. The molecule has 1 aromatic heterocycles. The normalized spacial score (nSPS) is 15.9. The zero-order valence-electron chi connectivity index (χ0n) is 28.5. The lowest BCUT2D eigenvalue weighted by Gasteiger charge is -2.26. The van der Waals surface area contributed by atoms with Crippen LogP contribution in [-0.4, -0.2) is 82.3 Å². The van der Waals surface area contributed by atoms with Crippen molar-refractivity contribution in [2.24, 2.45) is 10.9 Å². The average molecular weight is 707 g/mol. The van der Waals surface area contributed by atoms with E-state index in [1.54, 1.807) is 30.5 Å². The first-order chi connectivity index (χ1) is 23.6. The molecule has 2 aromatic carbocycles. The molecule has 0 aliphatic carbocycles. The topological polar surface area (TPSA) is 142 Å². The van der Waals surface area contributed by atoms with Crippen LogP contribution in [0, 0.1) is 5.92 Å². The molecule has 0 spiro atoms. The summed E-state index contributed by atoms with van der Waals surface area (Å²) >= 11 is 3.11. The summed E-state index contributed by atoms with van der Waals surface area (Å²) in [5, 5.41) is 9.74. The first kappa shape index (κ1) is 37.6. The van der Waals surface area contributed by atoms with Crippen molar-refractivity contribution in [1.82, 2.24) is 25.8 Å². The highest BCUT2D eigenvalue weighted by Gasteiger charge is 2.30. The van der Waals surface area contributed by atoms with E-state index in [1.165, 1.54) is 23.2 Å². The molecular weight excluding hydrogens is 661 g/mol. The predicted molar refractivity (Wildman–Crippen MR) is 195 cm³/mol. The maximum absolute atomic E-state index is 13.6. The number of thiazole rings is 1. The predicted octanol–water partition coefficient (Wildman–Crippen LogP) is 5.26. The van der Waals surface area contributed by atoms with Crippen LogP contribution in [-0.2, 0) is 33.8 Å². The summed E-state index contributed by atoms with van der Waals surface area (Å²) < 4.78 is 5.45. The second kappa shape index (κ2) is 19.1. The van der Waals surface area contributed by atoms with E-state index in [0.717, 1.165) is 26.8 Å². The molecule has 1 unspecified atom stereocenters. The van der Waals surface area contributed by atoms with Gasteiger partial charge in [-0.25, -0.2) is 9.59 Å². The van der Waals surface area contributed by atoms with Crippen LogP contribution in [0.4, 0.5) is 9.59 Å². The van der Waals surface area contributed by atoms with Crippen molar-refractivity contribution in [3.63, 3.8) is 0 Å². The zero-order valence-corrected chi connectivity index (χ0v) is 30.1. The number of Topliss-reactive ketones (excluding diaryl/α,β-unsaturated/α-hetero) is 1. The lowest BCUT2D eigenvalue weighted by atomic mass is 9.95. The number of alkyl carbamates (subject to hydrolysis) is 1. The van der Waals surface area contributed by atoms with Gasteiger partial charge in [0.05, 0.1) is 21.5 Å². The van der Waals surface area contributed by atoms with Crippen LogP contribution in [0.15, 0.2) is 77.4 Å². The Morgan fingerprint density at radius 3 is 2.06 bits per heavy atom. The highest BCUT2D eigenvalue weighted by molar-refractivity contribution is 8.14. The third-order valence-corrected chi connectivity index (χ3v) is 10.2. The summed E-state index contributed by atoms with van der Waals surface area (Å²) in [7, 11) is 1.64. The molecule has 1 aliphatic rings. The van der Waals surface area contributed by atoms with Crippen LogP contribution in [0.5, 0.6) is 0 Å². The molecule has 0 fully saturated rings. The second-order valence-electron chi connectivity index (χ2n) is 12.5. The van der Waals surface area contributed by atoms with E-state index in [0.29, 0.717) is 38.1 Å². The standard InChI is InChI=1S/C36H46N6O5S2/c1-24(2)34-39-30(22-48-34)20-42(4)35(45)41-32(25(3)43)33(44)38-28(17-26-11-7-5-8-12-26)15-16-29(18-27-13-9-6-10-14-27)40-36(46)47-21-31-19-37-23-49-31/h5-14,19,23-24,28-30,32H,15-18,20-22H2,1-4H3,(H,38,44)(H,40,46)(H,41,45)/t28-,29-,30?,32+/m1/s1. The summed E-state index contributed by atoms with van der Waals surface area (Å²) in [6.45, 7) is 5.97. The molecule has 3 N–H and O–H groups in total. The Kier molecular flexibility index (Phi) is 14.6. The summed E-state index contributed by atoms with van der Waals surface area (Å²) in [6, 6.07) is 17.0. The smallest absolute Gasteiger partial charge is 0.407 e. The van der Waals surface area contributed by atoms with Crippen LogP contribution in [0.2, 0.25) is 0 Å². The number of carbonyl (C=O) groups is 4. The van der Waals surface area contributed by atoms with Crippen molar-refractivity contribution in [1.29, 1.82) is 0 Å². The van der Waals surface area contributed by atoms with Crippen LogP contribution >= 0.6 is 23.1 Å². The fourth-order valence-corrected chi connectivity index (χ4v) is 7.03. The number of amides is 4. The molecule has 11 nitrogen and oxygen atoms in total. The number of aliphatic imine (C=N–C) groups is 1. The maximum Gasteiger partial charge on any atom is 0.407 e. The van der Waals surface area contributed by atoms with E-state index in [-0.39, 0.29) is 24.7 Å². The third kappa shape index (κ3) is 12.6. The number of ether oxygens (including phenoxy) is 1. The van der Waals surface area contributed by atoms with E-state index in [1.807, 2.05) is 60.7 Å². The van der Waals surface area contributed by atoms with Gasteiger partial charge in [-0.15, -0.1) is 23.1 Å². The Balaban J connectivity index is 1.42. The molecule has 1 aliphatic heterocycles. The number of nitrogens with zero attached hydrogens (tertiary/aromatic N) is 3. The van der Waals surface area contributed by atoms with Crippen molar-refractivity contribution in [2.45, 2.75) is 77.2 Å². The Morgan fingerprint density at radius 1 is 0.918 bits per heavy atom. The van der Waals surface area contributed by atoms with Crippen LogP contribution < -0.4 is 16.0 Å². The van der Waals surface area contributed by atoms with Crippen LogP contribution in [0.25, 0.3) is 0 Å². The van der Waals surface area contributed by atoms with Crippen molar-refractivity contribution in [3.05, 3.63) is 88.4 Å². The number of carbonyl (C=O) groups excluding carboxylic acids is 4. The number of nitrogens with one attached hydrogen (secondary N) is 3. The first-order valence-corrected chi connectivity index (χ1v) is 18.3. The Hall–Kier alpha value is -4.23. The van der Waals surface area contributed by atoms with Gasteiger partial charge in [-0.3, -0.25) is 19.6 Å². The SMILES string of the molecule is CC(=O)[C@H](NC(=O)N(C)CC1CSC(C(C)C)=N1)C(=O)N[C@H](CC[C@H](Cc1ccccc1)NC(=O)OCc1cncs1)Cc1ccccc1. The quantitative estimate of drug-likeness (QED) is 0.163. The van der Waals surface area contributed by atoms with Gasteiger partial charge in [-0.2, -0.15) is 0 Å². The van der Waals surface area contributed by atoms with E-state index < -0.39 is 29.9 Å². The highest BCUT2D eigenvalue weighted by atomic mass is 32.2. The molecule has 2 heterocycles. The molecule has 0 bridgehead atoms. The summed E-state index contributed by atoms with van der Waals surface area (Å²) in [5.74, 6) is 0.0633.